The van der Waals surface area contributed by atoms with Crippen molar-refractivity contribution in [2.45, 2.75) is 13.3 Å². The topological polar surface area (TPSA) is 82.5 Å². The van der Waals surface area contributed by atoms with Crippen LogP contribution in [-0.2, 0) is 13.5 Å². The van der Waals surface area contributed by atoms with E-state index in [-0.39, 0.29) is 0 Å². The van der Waals surface area contributed by atoms with Crippen LogP contribution in [-0.4, -0.2) is 25.0 Å². The zero-order chi connectivity index (χ0) is 11.7. The van der Waals surface area contributed by atoms with Gasteiger partial charge in [-0.2, -0.15) is 0 Å². The van der Waals surface area contributed by atoms with E-state index in [2.05, 4.69) is 36.2 Å². The number of hydrogen-bond acceptors (Lipinski definition) is 5. The molecule has 2 rings (SSSR count). The SMILES string of the molecule is CCc1c(N)ncnc1-c1c(Br)nnn1C. The fourth-order valence-corrected chi connectivity index (χ4v) is 2.08. The third kappa shape index (κ3) is 1.67. The molecule has 0 unspecified atom stereocenters. The minimum Gasteiger partial charge on any atom is -0.383 e. The van der Waals surface area contributed by atoms with Gasteiger partial charge in [0.25, 0.3) is 0 Å². The molecule has 2 aromatic rings. The molecule has 0 radical (unpaired) electrons. The molecule has 2 heterocycles. The summed E-state index contributed by atoms with van der Waals surface area (Å²) < 4.78 is 2.31. The van der Waals surface area contributed by atoms with Crippen molar-refractivity contribution in [1.29, 1.82) is 0 Å². The maximum atomic E-state index is 5.82. The summed E-state index contributed by atoms with van der Waals surface area (Å²) in [6.07, 6.45) is 2.21. The molecular formula is C9H11BrN6. The van der Waals surface area contributed by atoms with Crippen LogP contribution in [0.4, 0.5) is 5.82 Å². The fourth-order valence-electron chi connectivity index (χ4n) is 1.56. The molecule has 0 aliphatic rings. The molecular weight excluding hydrogens is 272 g/mol. The second-order valence-electron chi connectivity index (χ2n) is 3.29. The monoisotopic (exact) mass is 282 g/mol. The molecule has 0 saturated heterocycles. The third-order valence-electron chi connectivity index (χ3n) is 2.34. The maximum Gasteiger partial charge on any atom is 0.157 e. The number of nitrogens with zero attached hydrogens (tertiary/aromatic N) is 5. The van der Waals surface area contributed by atoms with Crippen molar-refractivity contribution in [3.8, 4) is 11.4 Å². The highest BCUT2D eigenvalue weighted by Crippen LogP contribution is 2.28. The molecule has 0 aliphatic carbocycles. The largest absolute Gasteiger partial charge is 0.383 e. The highest BCUT2D eigenvalue weighted by Gasteiger charge is 2.17. The number of halogens is 1. The smallest absolute Gasteiger partial charge is 0.157 e. The first-order chi connectivity index (χ1) is 7.65. The van der Waals surface area contributed by atoms with Crippen LogP contribution in [0.1, 0.15) is 12.5 Å². The van der Waals surface area contributed by atoms with Gasteiger partial charge in [0.05, 0.1) is 5.69 Å². The summed E-state index contributed by atoms with van der Waals surface area (Å²) in [5.41, 5.74) is 8.32. The van der Waals surface area contributed by atoms with E-state index in [1.807, 2.05) is 14.0 Å². The fraction of sp³-hybridized carbons (Fsp3) is 0.333. The van der Waals surface area contributed by atoms with Crippen LogP contribution in [0.5, 0.6) is 0 Å². The van der Waals surface area contributed by atoms with Gasteiger partial charge in [-0.1, -0.05) is 12.1 Å². The maximum absolute atomic E-state index is 5.82. The Morgan fingerprint density at radius 2 is 2.19 bits per heavy atom. The highest BCUT2D eigenvalue weighted by atomic mass is 79.9. The van der Waals surface area contributed by atoms with E-state index >= 15 is 0 Å². The Labute approximate surface area is 101 Å². The Morgan fingerprint density at radius 1 is 1.44 bits per heavy atom. The molecule has 0 atom stereocenters. The van der Waals surface area contributed by atoms with Crippen LogP contribution < -0.4 is 5.73 Å². The van der Waals surface area contributed by atoms with Crippen LogP contribution in [0.2, 0.25) is 0 Å². The summed E-state index contributed by atoms with van der Waals surface area (Å²) in [6.45, 7) is 2.01. The number of anilines is 1. The van der Waals surface area contributed by atoms with Gasteiger partial charge in [0, 0.05) is 12.6 Å². The van der Waals surface area contributed by atoms with E-state index in [0.29, 0.717) is 10.4 Å². The summed E-state index contributed by atoms with van der Waals surface area (Å²) in [4.78, 5) is 8.23. The van der Waals surface area contributed by atoms with Gasteiger partial charge in [-0.3, -0.25) is 0 Å². The van der Waals surface area contributed by atoms with Crippen molar-refractivity contribution in [1.82, 2.24) is 25.0 Å². The second-order valence-corrected chi connectivity index (χ2v) is 4.04. The summed E-state index contributed by atoms with van der Waals surface area (Å²) in [5.74, 6) is 0.501. The molecule has 2 N–H and O–H groups in total. The number of hydrogen-bond donors (Lipinski definition) is 1. The van der Waals surface area contributed by atoms with E-state index in [1.165, 1.54) is 6.33 Å². The first-order valence-corrected chi connectivity index (χ1v) is 5.59. The predicted octanol–water partition coefficient (Wildman–Crippen LogP) is 1.18. The van der Waals surface area contributed by atoms with E-state index in [4.69, 9.17) is 5.73 Å². The molecule has 84 valence electrons. The first kappa shape index (κ1) is 11.0. The molecule has 2 aromatic heterocycles. The van der Waals surface area contributed by atoms with Crippen LogP contribution in [0, 0.1) is 0 Å². The molecule has 0 saturated carbocycles. The molecule has 0 bridgehead atoms. The minimum atomic E-state index is 0.501. The lowest BCUT2D eigenvalue weighted by Gasteiger charge is -2.08. The van der Waals surface area contributed by atoms with E-state index < -0.39 is 0 Å². The molecule has 0 aliphatic heterocycles. The van der Waals surface area contributed by atoms with Crippen molar-refractivity contribution >= 4 is 21.7 Å². The number of rotatable bonds is 2. The van der Waals surface area contributed by atoms with Crippen molar-refractivity contribution in [2.75, 3.05) is 5.73 Å². The normalized spacial score (nSPS) is 10.7. The van der Waals surface area contributed by atoms with Crippen molar-refractivity contribution in [3.63, 3.8) is 0 Å². The van der Waals surface area contributed by atoms with Gasteiger partial charge in [0.1, 0.15) is 17.8 Å². The van der Waals surface area contributed by atoms with E-state index in [0.717, 1.165) is 23.4 Å². The van der Waals surface area contributed by atoms with Crippen molar-refractivity contribution < 1.29 is 0 Å². The predicted molar refractivity (Wildman–Crippen MR) is 63.5 cm³/mol. The highest BCUT2D eigenvalue weighted by molar-refractivity contribution is 9.10. The van der Waals surface area contributed by atoms with Crippen LogP contribution in [0.25, 0.3) is 11.4 Å². The molecule has 6 nitrogen and oxygen atoms in total. The van der Waals surface area contributed by atoms with Crippen LogP contribution in [0.15, 0.2) is 10.9 Å². The third-order valence-corrected chi connectivity index (χ3v) is 2.88. The number of aryl methyl sites for hydroxylation is 1. The van der Waals surface area contributed by atoms with Gasteiger partial charge in [-0.15, -0.1) is 5.10 Å². The lowest BCUT2D eigenvalue weighted by Crippen LogP contribution is -2.04. The van der Waals surface area contributed by atoms with Gasteiger partial charge in [0.15, 0.2) is 4.60 Å². The number of nitrogen functional groups attached to an aromatic ring is 1. The summed E-state index contributed by atoms with van der Waals surface area (Å²) >= 11 is 3.35. The second kappa shape index (κ2) is 4.17. The molecule has 0 aromatic carbocycles. The van der Waals surface area contributed by atoms with Gasteiger partial charge >= 0.3 is 0 Å². The zero-order valence-corrected chi connectivity index (χ0v) is 10.6. The number of aromatic nitrogens is 5. The van der Waals surface area contributed by atoms with E-state index in [1.54, 1.807) is 4.68 Å². The summed E-state index contributed by atoms with van der Waals surface area (Å²) in [7, 11) is 1.81. The van der Waals surface area contributed by atoms with Gasteiger partial charge in [-0.25, -0.2) is 14.6 Å². The Hall–Kier alpha value is -1.50. The standard InChI is InChI=1S/C9H11BrN6/c1-3-5-6(12-4-13-9(5)11)7-8(10)14-15-16(7)2/h4H,3H2,1-2H3,(H2,11,12,13). The summed E-state index contributed by atoms with van der Waals surface area (Å²) in [5, 5.41) is 7.84. The molecule has 16 heavy (non-hydrogen) atoms. The Bertz CT molecular complexity index is 501. The lowest BCUT2D eigenvalue weighted by molar-refractivity contribution is 0.717. The van der Waals surface area contributed by atoms with Crippen LogP contribution >= 0.6 is 15.9 Å². The Morgan fingerprint density at radius 3 is 2.75 bits per heavy atom. The van der Waals surface area contributed by atoms with Crippen molar-refractivity contribution in [3.05, 3.63) is 16.5 Å². The van der Waals surface area contributed by atoms with Gasteiger partial charge < -0.3 is 5.73 Å². The number of nitrogens with two attached hydrogens (primary N) is 1. The van der Waals surface area contributed by atoms with E-state index in [9.17, 15) is 0 Å². The molecule has 0 fully saturated rings. The Kier molecular flexibility index (Phi) is 2.86. The Balaban J connectivity index is 2.69. The average Bonchev–Trinajstić information content (AvgIpc) is 2.58. The average molecular weight is 283 g/mol. The first-order valence-electron chi connectivity index (χ1n) is 4.80. The lowest BCUT2D eigenvalue weighted by atomic mass is 10.1. The molecule has 7 heteroatoms. The quantitative estimate of drug-likeness (QED) is 0.894. The summed E-state index contributed by atoms with van der Waals surface area (Å²) in [6, 6.07) is 0. The zero-order valence-electron chi connectivity index (χ0n) is 8.98. The minimum absolute atomic E-state index is 0.501. The molecule has 0 spiro atoms. The van der Waals surface area contributed by atoms with Gasteiger partial charge in [0.2, 0.25) is 0 Å². The van der Waals surface area contributed by atoms with Crippen LogP contribution in [0.3, 0.4) is 0 Å². The van der Waals surface area contributed by atoms with Crippen molar-refractivity contribution in [2.24, 2.45) is 7.05 Å². The molecule has 0 amide bonds. The van der Waals surface area contributed by atoms with Gasteiger partial charge in [-0.05, 0) is 22.4 Å².